The van der Waals surface area contributed by atoms with Gasteiger partial charge in [0.05, 0.1) is 19.1 Å². The highest BCUT2D eigenvalue weighted by Crippen LogP contribution is 2.03. The fraction of sp³-hybridized carbons (Fsp3) is 0.917. The van der Waals surface area contributed by atoms with Gasteiger partial charge >= 0.3 is 5.97 Å². The summed E-state index contributed by atoms with van der Waals surface area (Å²) in [7, 11) is 0. The molecule has 0 saturated carbocycles. The minimum atomic E-state index is -0.746. The average molecular weight is 260 g/mol. The third-order valence-corrected chi connectivity index (χ3v) is 3.09. The first-order valence-electron chi connectivity index (χ1n) is 6.54. The Morgan fingerprint density at radius 3 is 2.44 bits per heavy atom. The topological polar surface area (TPSA) is 73.2 Å². The van der Waals surface area contributed by atoms with Gasteiger partial charge in [-0.1, -0.05) is 0 Å². The van der Waals surface area contributed by atoms with Crippen molar-refractivity contribution in [1.82, 2.24) is 9.80 Å². The van der Waals surface area contributed by atoms with Crippen LogP contribution < -0.4 is 0 Å². The molecule has 0 amide bonds. The maximum atomic E-state index is 10.5. The van der Waals surface area contributed by atoms with Crippen LogP contribution in [-0.2, 0) is 9.53 Å². The Balaban J connectivity index is 2.12. The van der Waals surface area contributed by atoms with Crippen molar-refractivity contribution < 1.29 is 19.7 Å². The Morgan fingerprint density at radius 2 is 1.89 bits per heavy atom. The van der Waals surface area contributed by atoms with Gasteiger partial charge in [0.2, 0.25) is 0 Å². The second-order valence-corrected chi connectivity index (χ2v) is 4.60. The van der Waals surface area contributed by atoms with E-state index in [1.54, 1.807) is 0 Å². The van der Waals surface area contributed by atoms with Crippen LogP contribution in [0.1, 0.15) is 13.3 Å². The molecule has 1 aliphatic heterocycles. The van der Waals surface area contributed by atoms with Crippen molar-refractivity contribution in [3.63, 3.8) is 0 Å². The Bertz CT molecular complexity index is 242. The van der Waals surface area contributed by atoms with Gasteiger partial charge in [0.1, 0.15) is 0 Å². The zero-order chi connectivity index (χ0) is 13.4. The van der Waals surface area contributed by atoms with Crippen LogP contribution in [0.5, 0.6) is 0 Å². The van der Waals surface area contributed by atoms with Crippen LogP contribution in [0.2, 0.25) is 0 Å². The number of aliphatic hydroxyl groups is 1. The fourth-order valence-corrected chi connectivity index (χ4v) is 2.05. The predicted octanol–water partition coefficient (Wildman–Crippen LogP) is -0.524. The molecule has 1 unspecified atom stereocenters. The molecule has 0 radical (unpaired) electrons. The molecule has 18 heavy (non-hydrogen) atoms. The molecular formula is C12H24N2O4. The Hall–Kier alpha value is -0.690. The van der Waals surface area contributed by atoms with Gasteiger partial charge in [0.25, 0.3) is 0 Å². The van der Waals surface area contributed by atoms with Gasteiger partial charge in [0.15, 0.2) is 0 Å². The number of aliphatic hydroxyl groups excluding tert-OH is 1. The van der Waals surface area contributed by atoms with E-state index in [9.17, 15) is 9.90 Å². The second kappa shape index (κ2) is 8.42. The van der Waals surface area contributed by atoms with Gasteiger partial charge in [-0.2, -0.15) is 0 Å². The number of piperazine rings is 1. The predicted molar refractivity (Wildman–Crippen MR) is 67.6 cm³/mol. The quantitative estimate of drug-likeness (QED) is 0.611. The molecule has 6 nitrogen and oxygen atoms in total. The van der Waals surface area contributed by atoms with Gasteiger partial charge in [-0.3, -0.25) is 9.69 Å². The third kappa shape index (κ3) is 6.30. The third-order valence-electron chi connectivity index (χ3n) is 3.09. The molecule has 1 atom stereocenters. The number of rotatable bonds is 8. The van der Waals surface area contributed by atoms with E-state index in [4.69, 9.17) is 9.84 Å². The Kier molecular flexibility index (Phi) is 7.19. The molecular weight excluding hydrogens is 236 g/mol. The summed E-state index contributed by atoms with van der Waals surface area (Å²) < 4.78 is 5.17. The van der Waals surface area contributed by atoms with E-state index in [2.05, 4.69) is 9.80 Å². The van der Waals surface area contributed by atoms with Crippen LogP contribution in [0, 0.1) is 0 Å². The summed E-state index contributed by atoms with van der Waals surface area (Å²) in [6.45, 7) is 7.66. The molecule has 1 heterocycles. The van der Waals surface area contributed by atoms with Gasteiger partial charge in [-0.05, 0) is 6.92 Å². The highest BCUT2D eigenvalue weighted by Gasteiger charge is 2.19. The van der Waals surface area contributed by atoms with Crippen molar-refractivity contribution in [2.45, 2.75) is 19.4 Å². The lowest BCUT2D eigenvalue weighted by atomic mass is 10.2. The molecule has 0 spiro atoms. The number of hydrogen-bond acceptors (Lipinski definition) is 5. The first-order valence-corrected chi connectivity index (χ1v) is 6.54. The van der Waals surface area contributed by atoms with E-state index < -0.39 is 12.1 Å². The lowest BCUT2D eigenvalue weighted by molar-refractivity contribution is -0.137. The van der Waals surface area contributed by atoms with Crippen molar-refractivity contribution >= 4 is 5.97 Å². The molecule has 1 rings (SSSR count). The van der Waals surface area contributed by atoms with Gasteiger partial charge in [-0.15, -0.1) is 0 Å². The summed E-state index contributed by atoms with van der Waals surface area (Å²) in [6.07, 6.45) is -0.233. The zero-order valence-corrected chi connectivity index (χ0v) is 11.0. The molecule has 0 aliphatic carbocycles. The zero-order valence-electron chi connectivity index (χ0n) is 11.0. The van der Waals surface area contributed by atoms with Crippen molar-refractivity contribution in [3.05, 3.63) is 0 Å². The van der Waals surface area contributed by atoms with Crippen LogP contribution >= 0.6 is 0 Å². The van der Waals surface area contributed by atoms with Crippen LogP contribution in [0.15, 0.2) is 0 Å². The fourth-order valence-electron chi connectivity index (χ4n) is 2.05. The molecule has 1 aliphatic rings. The minimum Gasteiger partial charge on any atom is -0.481 e. The van der Waals surface area contributed by atoms with Crippen LogP contribution in [0.4, 0.5) is 0 Å². The summed E-state index contributed by atoms with van der Waals surface area (Å²) in [5, 5.41) is 18.3. The summed E-state index contributed by atoms with van der Waals surface area (Å²) in [6, 6.07) is 0. The molecule has 2 N–H and O–H groups in total. The smallest absolute Gasteiger partial charge is 0.304 e. The molecule has 0 aromatic heterocycles. The number of carboxylic acid groups (broad SMARTS) is 1. The van der Waals surface area contributed by atoms with Crippen LogP contribution in [0.25, 0.3) is 0 Å². The lowest BCUT2D eigenvalue weighted by Gasteiger charge is -2.35. The maximum Gasteiger partial charge on any atom is 0.304 e. The highest BCUT2D eigenvalue weighted by atomic mass is 16.5. The molecule has 1 fully saturated rings. The van der Waals surface area contributed by atoms with Crippen LogP contribution in [0.3, 0.4) is 0 Å². The molecule has 0 bridgehead atoms. The Labute approximate surface area is 108 Å². The Morgan fingerprint density at radius 1 is 1.28 bits per heavy atom. The summed E-state index contributed by atoms with van der Waals surface area (Å²) in [5.41, 5.74) is 0. The summed E-state index contributed by atoms with van der Waals surface area (Å²) in [4.78, 5) is 14.8. The lowest BCUT2D eigenvalue weighted by Crippen LogP contribution is -2.49. The van der Waals surface area contributed by atoms with Crippen molar-refractivity contribution in [3.8, 4) is 0 Å². The second-order valence-electron chi connectivity index (χ2n) is 4.60. The molecule has 0 aromatic rings. The number of nitrogens with zero attached hydrogens (tertiary/aromatic N) is 2. The minimum absolute atomic E-state index is 0.201. The highest BCUT2D eigenvalue weighted by molar-refractivity contribution is 5.66. The molecule has 0 aromatic carbocycles. The SMILES string of the molecule is CCOCC(O)CN1CCN(CCC(=O)O)CC1. The molecule has 6 heteroatoms. The number of carbonyl (C=O) groups is 1. The monoisotopic (exact) mass is 260 g/mol. The van der Waals surface area contributed by atoms with E-state index in [-0.39, 0.29) is 6.42 Å². The van der Waals surface area contributed by atoms with Crippen LogP contribution in [-0.4, -0.2) is 84.6 Å². The number of carboxylic acids is 1. The standard InChI is InChI=1S/C12H24N2O4/c1-2-18-10-11(15)9-14-7-5-13(6-8-14)4-3-12(16)17/h11,15H,2-10H2,1H3,(H,16,17). The van der Waals surface area contributed by atoms with Crippen molar-refractivity contribution in [2.24, 2.45) is 0 Å². The number of β-amino-alcohol motifs (C(OH)–C–C–N with tert-alkyl or cyclic N) is 1. The van der Waals surface area contributed by atoms with Crippen molar-refractivity contribution in [1.29, 1.82) is 0 Å². The van der Waals surface area contributed by atoms with Gasteiger partial charge in [0, 0.05) is 45.9 Å². The molecule has 1 saturated heterocycles. The van der Waals surface area contributed by atoms with E-state index in [0.29, 0.717) is 26.3 Å². The van der Waals surface area contributed by atoms with E-state index in [0.717, 1.165) is 26.2 Å². The van der Waals surface area contributed by atoms with E-state index in [1.807, 2.05) is 6.92 Å². The maximum absolute atomic E-state index is 10.5. The largest absolute Gasteiger partial charge is 0.481 e. The van der Waals surface area contributed by atoms with Gasteiger partial charge < -0.3 is 19.8 Å². The number of hydrogen-bond donors (Lipinski definition) is 2. The first-order chi connectivity index (χ1) is 8.61. The average Bonchev–Trinajstić information content (AvgIpc) is 2.35. The molecule has 106 valence electrons. The summed E-state index contributed by atoms with van der Waals surface area (Å²) >= 11 is 0. The summed E-state index contributed by atoms with van der Waals surface area (Å²) in [5.74, 6) is -0.746. The number of ether oxygens (including phenoxy) is 1. The van der Waals surface area contributed by atoms with Gasteiger partial charge in [-0.25, -0.2) is 0 Å². The normalized spacial score (nSPS) is 19.9. The number of aliphatic carboxylic acids is 1. The first kappa shape index (κ1) is 15.4. The van der Waals surface area contributed by atoms with Crippen molar-refractivity contribution in [2.75, 3.05) is 52.5 Å². The van der Waals surface area contributed by atoms with E-state index >= 15 is 0 Å². The van der Waals surface area contributed by atoms with E-state index in [1.165, 1.54) is 0 Å².